The molecule has 1 amide bonds. The lowest BCUT2D eigenvalue weighted by molar-refractivity contribution is -0.159. The second-order valence-electron chi connectivity index (χ2n) is 8.68. The lowest BCUT2D eigenvalue weighted by atomic mass is 9.87. The number of ether oxygens (including phenoxy) is 1. The summed E-state index contributed by atoms with van der Waals surface area (Å²) < 4.78 is 19.3. The molecule has 2 aromatic rings. The zero-order valence-electron chi connectivity index (χ0n) is 18.1. The van der Waals surface area contributed by atoms with Gasteiger partial charge in [0.05, 0.1) is 0 Å². The third kappa shape index (κ3) is 8.02. The fraction of sp³-hybridized carbons (Fsp3) is 0.417. The zero-order chi connectivity index (χ0) is 23.1. The predicted molar refractivity (Wildman–Crippen MR) is 115 cm³/mol. The fourth-order valence-corrected chi connectivity index (χ4v) is 3.24. The van der Waals surface area contributed by atoms with Crippen molar-refractivity contribution in [2.45, 2.75) is 63.7 Å². The van der Waals surface area contributed by atoms with Crippen LogP contribution in [0.15, 0.2) is 54.6 Å². The van der Waals surface area contributed by atoms with Gasteiger partial charge in [0.25, 0.3) is 0 Å². The molecule has 0 saturated carbocycles. The zero-order valence-corrected chi connectivity index (χ0v) is 18.1. The number of halogens is 1. The molecule has 0 fully saturated rings. The van der Waals surface area contributed by atoms with Crippen molar-refractivity contribution in [1.29, 1.82) is 0 Å². The van der Waals surface area contributed by atoms with Gasteiger partial charge in [-0.1, -0.05) is 48.5 Å². The number of benzene rings is 2. The second-order valence-corrected chi connectivity index (χ2v) is 8.68. The van der Waals surface area contributed by atoms with Crippen molar-refractivity contribution < 1.29 is 28.9 Å². The molecule has 168 valence electrons. The van der Waals surface area contributed by atoms with E-state index >= 15 is 0 Å². The van der Waals surface area contributed by atoms with Crippen LogP contribution in [0.4, 0.5) is 9.18 Å². The number of nitrogens with one attached hydrogen (secondary N) is 1. The van der Waals surface area contributed by atoms with Crippen molar-refractivity contribution in [2.24, 2.45) is 0 Å². The average molecular weight is 432 g/mol. The number of aliphatic hydroxyl groups is 1. The van der Waals surface area contributed by atoms with Crippen LogP contribution in [-0.2, 0) is 22.4 Å². The van der Waals surface area contributed by atoms with E-state index in [9.17, 15) is 24.2 Å². The normalized spacial score (nSPS) is 14.4. The Morgan fingerprint density at radius 3 is 2.26 bits per heavy atom. The fourth-order valence-electron chi connectivity index (χ4n) is 3.24. The molecular formula is C24H30FNO5. The van der Waals surface area contributed by atoms with Gasteiger partial charge in [-0.05, 0) is 57.2 Å². The molecule has 0 bridgehead atoms. The Kier molecular flexibility index (Phi) is 8.16. The molecule has 0 unspecified atom stereocenters. The van der Waals surface area contributed by atoms with Crippen LogP contribution in [0.25, 0.3) is 0 Å². The van der Waals surface area contributed by atoms with Crippen LogP contribution >= 0.6 is 0 Å². The summed E-state index contributed by atoms with van der Waals surface area (Å²) in [6, 6.07) is 14.7. The minimum Gasteiger partial charge on any atom is -0.479 e. The van der Waals surface area contributed by atoms with E-state index in [1.54, 1.807) is 26.8 Å². The maximum Gasteiger partial charge on any atom is 0.407 e. The highest BCUT2D eigenvalue weighted by Crippen LogP contribution is 2.24. The quantitative estimate of drug-likeness (QED) is 0.556. The lowest BCUT2D eigenvalue weighted by Crippen LogP contribution is -2.45. The van der Waals surface area contributed by atoms with Gasteiger partial charge >= 0.3 is 12.1 Å². The Labute approximate surface area is 182 Å². The van der Waals surface area contributed by atoms with Gasteiger partial charge in [0.2, 0.25) is 0 Å². The van der Waals surface area contributed by atoms with E-state index < -0.39 is 35.1 Å². The van der Waals surface area contributed by atoms with Crippen molar-refractivity contribution in [1.82, 2.24) is 5.32 Å². The number of hydrogen-bond donors (Lipinski definition) is 3. The first-order chi connectivity index (χ1) is 14.5. The molecule has 0 aliphatic heterocycles. The molecule has 7 heteroatoms. The van der Waals surface area contributed by atoms with Crippen LogP contribution in [0.5, 0.6) is 0 Å². The minimum absolute atomic E-state index is 0.118. The summed E-state index contributed by atoms with van der Waals surface area (Å²) in [6.07, 6.45) is -0.592. The van der Waals surface area contributed by atoms with Gasteiger partial charge in [0.1, 0.15) is 11.4 Å². The molecule has 0 spiro atoms. The SMILES string of the molecule is CC(C)(C)OC(=O)N[C@@H](CC[C@@](O)(Cc1ccccc1F)C(=O)O)Cc1ccccc1. The number of hydrogen-bond acceptors (Lipinski definition) is 4. The first kappa shape index (κ1) is 24.3. The molecule has 2 rings (SSSR count). The number of carbonyl (C=O) groups is 2. The van der Waals surface area contributed by atoms with Crippen LogP contribution in [0.3, 0.4) is 0 Å². The summed E-state index contributed by atoms with van der Waals surface area (Å²) in [5.41, 5.74) is -1.80. The summed E-state index contributed by atoms with van der Waals surface area (Å²) in [7, 11) is 0. The monoisotopic (exact) mass is 431 g/mol. The van der Waals surface area contributed by atoms with Crippen molar-refractivity contribution in [3.05, 3.63) is 71.5 Å². The van der Waals surface area contributed by atoms with Gasteiger partial charge in [-0.3, -0.25) is 0 Å². The van der Waals surface area contributed by atoms with Crippen molar-refractivity contribution in [2.75, 3.05) is 0 Å². The standard InChI is InChI=1S/C24H30FNO5/c1-23(2,3)31-22(29)26-19(15-17-9-5-4-6-10-17)13-14-24(30,21(27)28)16-18-11-7-8-12-20(18)25/h4-12,19,30H,13-16H2,1-3H3,(H,26,29)(H,27,28)/t19-,24+/m0/s1. The third-order valence-electron chi connectivity index (χ3n) is 4.79. The summed E-state index contributed by atoms with van der Waals surface area (Å²) in [5.74, 6) is -2.01. The number of rotatable bonds is 9. The van der Waals surface area contributed by atoms with E-state index in [2.05, 4.69) is 5.32 Å². The van der Waals surface area contributed by atoms with Crippen LogP contribution in [-0.4, -0.2) is 39.5 Å². The summed E-state index contributed by atoms with van der Waals surface area (Å²) >= 11 is 0. The number of alkyl carbamates (subject to hydrolysis) is 1. The van der Waals surface area contributed by atoms with Crippen LogP contribution < -0.4 is 5.32 Å². The second kappa shape index (κ2) is 10.4. The maximum absolute atomic E-state index is 14.0. The van der Waals surface area contributed by atoms with E-state index in [1.165, 1.54) is 18.2 Å². The molecule has 2 aromatic carbocycles. The number of carbonyl (C=O) groups excluding carboxylic acids is 1. The molecule has 2 atom stereocenters. The Morgan fingerprint density at radius 2 is 1.68 bits per heavy atom. The Hall–Kier alpha value is -2.93. The molecule has 0 aliphatic rings. The van der Waals surface area contributed by atoms with Gasteiger partial charge in [-0.25, -0.2) is 14.0 Å². The van der Waals surface area contributed by atoms with Crippen molar-refractivity contribution >= 4 is 12.1 Å². The van der Waals surface area contributed by atoms with Gasteiger partial charge in [-0.2, -0.15) is 0 Å². The summed E-state index contributed by atoms with van der Waals surface area (Å²) in [6.45, 7) is 5.24. The number of amides is 1. The molecule has 6 nitrogen and oxygen atoms in total. The molecule has 31 heavy (non-hydrogen) atoms. The number of carboxylic acid groups (broad SMARTS) is 1. The molecular weight excluding hydrogens is 401 g/mol. The van der Waals surface area contributed by atoms with Gasteiger partial charge in [0, 0.05) is 12.5 Å². The smallest absolute Gasteiger partial charge is 0.407 e. The van der Waals surface area contributed by atoms with E-state index in [-0.39, 0.29) is 24.8 Å². The first-order valence-electron chi connectivity index (χ1n) is 10.2. The van der Waals surface area contributed by atoms with E-state index in [0.29, 0.717) is 6.42 Å². The average Bonchev–Trinajstić information content (AvgIpc) is 2.67. The third-order valence-corrected chi connectivity index (χ3v) is 4.79. The molecule has 3 N–H and O–H groups in total. The number of carboxylic acids is 1. The van der Waals surface area contributed by atoms with Crippen molar-refractivity contribution in [3.8, 4) is 0 Å². The van der Waals surface area contributed by atoms with Crippen LogP contribution in [0, 0.1) is 5.82 Å². The predicted octanol–water partition coefficient (Wildman–Crippen LogP) is 4.10. The summed E-state index contributed by atoms with van der Waals surface area (Å²) in [4.78, 5) is 24.1. The van der Waals surface area contributed by atoms with Gasteiger partial charge < -0.3 is 20.3 Å². The maximum atomic E-state index is 14.0. The van der Waals surface area contributed by atoms with Crippen LogP contribution in [0.1, 0.15) is 44.7 Å². The largest absolute Gasteiger partial charge is 0.479 e. The van der Waals surface area contributed by atoms with Gasteiger partial charge in [-0.15, -0.1) is 0 Å². The molecule has 0 saturated heterocycles. The molecule has 0 aliphatic carbocycles. The first-order valence-corrected chi connectivity index (χ1v) is 10.2. The lowest BCUT2D eigenvalue weighted by Gasteiger charge is -2.28. The van der Waals surface area contributed by atoms with Crippen LogP contribution in [0.2, 0.25) is 0 Å². The Bertz CT molecular complexity index is 881. The topological polar surface area (TPSA) is 95.9 Å². The Balaban J connectivity index is 2.15. The minimum atomic E-state index is -2.17. The molecule has 0 aromatic heterocycles. The van der Waals surface area contributed by atoms with Crippen molar-refractivity contribution in [3.63, 3.8) is 0 Å². The number of aliphatic carboxylic acids is 1. The molecule has 0 radical (unpaired) electrons. The highest BCUT2D eigenvalue weighted by Gasteiger charge is 2.37. The highest BCUT2D eigenvalue weighted by molar-refractivity contribution is 5.77. The Morgan fingerprint density at radius 1 is 1.06 bits per heavy atom. The summed E-state index contributed by atoms with van der Waals surface area (Å²) in [5, 5.41) is 23.2. The highest BCUT2D eigenvalue weighted by atomic mass is 19.1. The van der Waals surface area contributed by atoms with E-state index in [4.69, 9.17) is 4.74 Å². The molecule has 0 heterocycles. The van der Waals surface area contributed by atoms with E-state index in [0.717, 1.165) is 5.56 Å². The van der Waals surface area contributed by atoms with E-state index in [1.807, 2.05) is 30.3 Å². The van der Waals surface area contributed by atoms with Gasteiger partial charge in [0.15, 0.2) is 5.60 Å².